The van der Waals surface area contributed by atoms with Gasteiger partial charge >= 0.3 is 0 Å². The molecule has 38 heavy (non-hydrogen) atoms. The molecule has 1 aliphatic heterocycles. The number of nitrogens with zero attached hydrogens (tertiary/aromatic N) is 2. The zero-order valence-corrected chi connectivity index (χ0v) is 21.1. The number of para-hydroxylation sites is 4. The van der Waals surface area contributed by atoms with Gasteiger partial charge in [-0.25, -0.2) is 0 Å². The maximum Gasteiger partial charge on any atom is 0.0630 e. The zero-order chi connectivity index (χ0) is 25.3. The molecule has 5 aromatic carbocycles. The molecular weight excluding hydrogens is 460 g/mol. The maximum absolute atomic E-state index is 2.48. The van der Waals surface area contributed by atoms with Crippen molar-refractivity contribution in [3.05, 3.63) is 169 Å². The van der Waals surface area contributed by atoms with Crippen molar-refractivity contribution in [2.24, 2.45) is 0 Å². The van der Waals surface area contributed by atoms with Crippen molar-refractivity contribution < 1.29 is 0 Å². The van der Waals surface area contributed by atoms with E-state index < -0.39 is 0 Å². The van der Waals surface area contributed by atoms with Crippen molar-refractivity contribution in [3.63, 3.8) is 0 Å². The first-order valence-corrected chi connectivity index (χ1v) is 13.2. The van der Waals surface area contributed by atoms with Gasteiger partial charge in [-0.1, -0.05) is 103 Å². The summed E-state index contributed by atoms with van der Waals surface area (Å²) in [7, 11) is 0. The molecule has 2 unspecified atom stereocenters. The lowest BCUT2D eigenvalue weighted by atomic mass is 9.86. The molecular formula is C36H28N2. The molecule has 0 bridgehead atoms. The normalized spacial score (nSPS) is 17.5. The fourth-order valence-corrected chi connectivity index (χ4v) is 5.84. The number of benzene rings is 5. The van der Waals surface area contributed by atoms with E-state index in [9.17, 15) is 0 Å². The highest BCUT2D eigenvalue weighted by atomic mass is 15.2. The quantitative estimate of drug-likeness (QED) is 0.243. The number of hydrogen-bond acceptors (Lipinski definition) is 2. The fourth-order valence-electron chi connectivity index (χ4n) is 5.84. The molecule has 0 N–H and O–H groups in total. The van der Waals surface area contributed by atoms with Gasteiger partial charge in [0.2, 0.25) is 0 Å². The molecule has 2 heteroatoms. The molecule has 0 radical (unpaired) electrons. The van der Waals surface area contributed by atoms with Crippen LogP contribution in [0.3, 0.4) is 0 Å². The first-order chi connectivity index (χ1) is 18.9. The van der Waals surface area contributed by atoms with E-state index in [-0.39, 0.29) is 6.04 Å². The Bertz CT molecular complexity index is 1560. The Hall–Kier alpha value is -4.82. The summed E-state index contributed by atoms with van der Waals surface area (Å²) in [5, 5.41) is 0. The van der Waals surface area contributed by atoms with Crippen molar-refractivity contribution in [1.82, 2.24) is 0 Å². The van der Waals surface area contributed by atoms with Gasteiger partial charge in [-0.05, 0) is 71.3 Å². The first-order valence-electron chi connectivity index (χ1n) is 13.2. The van der Waals surface area contributed by atoms with Crippen LogP contribution in [0.5, 0.6) is 0 Å². The molecule has 2 aliphatic rings. The van der Waals surface area contributed by atoms with Gasteiger partial charge in [0, 0.05) is 34.4 Å². The second-order valence-electron chi connectivity index (χ2n) is 9.82. The predicted octanol–water partition coefficient (Wildman–Crippen LogP) is 9.41. The largest absolute Gasteiger partial charge is 0.333 e. The van der Waals surface area contributed by atoms with Crippen LogP contribution < -0.4 is 9.80 Å². The zero-order valence-electron chi connectivity index (χ0n) is 21.1. The minimum absolute atomic E-state index is 0.282. The van der Waals surface area contributed by atoms with Gasteiger partial charge in [0.25, 0.3) is 0 Å². The second kappa shape index (κ2) is 9.57. The number of hydrogen-bond donors (Lipinski definition) is 0. The van der Waals surface area contributed by atoms with E-state index in [0.29, 0.717) is 5.92 Å². The lowest BCUT2D eigenvalue weighted by molar-refractivity contribution is 0.747. The van der Waals surface area contributed by atoms with Crippen LogP contribution in [0.15, 0.2) is 158 Å². The third kappa shape index (κ3) is 3.91. The molecule has 182 valence electrons. The van der Waals surface area contributed by atoms with Crippen LogP contribution in [0, 0.1) is 0 Å². The summed E-state index contributed by atoms with van der Waals surface area (Å²) in [5.74, 6) is 0.316. The summed E-state index contributed by atoms with van der Waals surface area (Å²) >= 11 is 0. The van der Waals surface area contributed by atoms with E-state index in [0.717, 1.165) is 17.1 Å². The summed E-state index contributed by atoms with van der Waals surface area (Å²) in [6, 6.07) is 49.9. The molecule has 0 aromatic heterocycles. The monoisotopic (exact) mass is 488 g/mol. The Morgan fingerprint density at radius 1 is 0.526 bits per heavy atom. The molecule has 1 heterocycles. The van der Waals surface area contributed by atoms with Crippen LogP contribution in [0.2, 0.25) is 0 Å². The minimum Gasteiger partial charge on any atom is -0.333 e. The van der Waals surface area contributed by atoms with Gasteiger partial charge in [-0.15, -0.1) is 0 Å². The van der Waals surface area contributed by atoms with Gasteiger partial charge in [-0.2, -0.15) is 0 Å². The average molecular weight is 489 g/mol. The highest BCUT2D eigenvalue weighted by Crippen LogP contribution is 2.49. The van der Waals surface area contributed by atoms with Crippen molar-refractivity contribution in [3.8, 4) is 0 Å². The van der Waals surface area contributed by atoms with Crippen LogP contribution in [-0.2, 0) is 0 Å². The number of anilines is 5. The molecule has 0 saturated carbocycles. The van der Waals surface area contributed by atoms with Gasteiger partial charge in [0.15, 0.2) is 0 Å². The number of fused-ring (bicyclic) bond motifs is 3. The van der Waals surface area contributed by atoms with E-state index in [1.54, 1.807) is 0 Å². The Labute approximate surface area is 224 Å². The SMILES string of the molecule is C1=CC2C(C=C1c1ccc(N(c3ccccc3)c3ccccc3)cc1)c1ccccc1N2c1ccccc1. The van der Waals surface area contributed by atoms with Crippen LogP contribution >= 0.6 is 0 Å². The van der Waals surface area contributed by atoms with E-state index >= 15 is 0 Å². The summed E-state index contributed by atoms with van der Waals surface area (Å²) in [6.45, 7) is 0. The molecule has 0 amide bonds. The molecule has 0 saturated heterocycles. The first kappa shape index (κ1) is 22.4. The summed E-state index contributed by atoms with van der Waals surface area (Å²) in [6.07, 6.45) is 7.12. The molecule has 1 aliphatic carbocycles. The molecule has 7 rings (SSSR count). The van der Waals surface area contributed by atoms with Crippen LogP contribution in [-0.4, -0.2) is 6.04 Å². The fraction of sp³-hybridized carbons (Fsp3) is 0.0556. The van der Waals surface area contributed by atoms with Gasteiger partial charge in [0.05, 0.1) is 6.04 Å². The molecule has 2 atom stereocenters. The standard InChI is InChI=1S/C36H28N2/c1-4-12-29(13-5-1)37(30-14-6-2-7-15-30)32-23-20-27(21-24-32)28-22-25-36-34(26-28)33-18-10-11-19-35(33)38(36)31-16-8-3-9-17-31/h1-26,34,36H. The van der Waals surface area contributed by atoms with Crippen LogP contribution in [0.25, 0.3) is 5.57 Å². The molecule has 0 fully saturated rings. The average Bonchev–Trinajstić information content (AvgIpc) is 3.33. The van der Waals surface area contributed by atoms with Crippen molar-refractivity contribution >= 4 is 34.0 Å². The van der Waals surface area contributed by atoms with Crippen LogP contribution in [0.1, 0.15) is 17.0 Å². The Morgan fingerprint density at radius 3 is 1.74 bits per heavy atom. The third-order valence-corrected chi connectivity index (χ3v) is 7.58. The van der Waals surface area contributed by atoms with Gasteiger partial charge < -0.3 is 9.80 Å². The highest BCUT2D eigenvalue weighted by Gasteiger charge is 2.38. The molecule has 0 spiro atoms. The van der Waals surface area contributed by atoms with E-state index in [1.807, 2.05) is 0 Å². The summed E-state index contributed by atoms with van der Waals surface area (Å²) < 4.78 is 0. The number of rotatable bonds is 5. The molecule has 2 nitrogen and oxygen atoms in total. The maximum atomic E-state index is 2.48. The van der Waals surface area contributed by atoms with Crippen molar-refractivity contribution in [1.29, 1.82) is 0 Å². The molecule has 5 aromatic rings. The summed E-state index contributed by atoms with van der Waals surface area (Å²) in [5.41, 5.74) is 9.87. The smallest absolute Gasteiger partial charge is 0.0630 e. The van der Waals surface area contributed by atoms with Crippen LogP contribution in [0.4, 0.5) is 28.4 Å². The predicted molar refractivity (Wildman–Crippen MR) is 160 cm³/mol. The van der Waals surface area contributed by atoms with E-state index in [2.05, 4.69) is 168 Å². The lowest BCUT2D eigenvalue weighted by Crippen LogP contribution is -2.28. The second-order valence-corrected chi connectivity index (χ2v) is 9.82. The van der Waals surface area contributed by atoms with Gasteiger partial charge in [-0.3, -0.25) is 0 Å². The Kier molecular flexibility index (Phi) is 5.64. The van der Waals surface area contributed by atoms with E-state index in [4.69, 9.17) is 0 Å². The Balaban J connectivity index is 1.23. The van der Waals surface area contributed by atoms with Crippen molar-refractivity contribution in [2.45, 2.75) is 12.0 Å². The van der Waals surface area contributed by atoms with Crippen molar-refractivity contribution in [2.75, 3.05) is 9.80 Å². The topological polar surface area (TPSA) is 6.48 Å². The third-order valence-electron chi connectivity index (χ3n) is 7.58. The Morgan fingerprint density at radius 2 is 1.08 bits per heavy atom. The minimum atomic E-state index is 0.282. The summed E-state index contributed by atoms with van der Waals surface area (Å²) in [4.78, 5) is 4.78. The number of allylic oxidation sites excluding steroid dienone is 2. The van der Waals surface area contributed by atoms with Gasteiger partial charge in [0.1, 0.15) is 0 Å². The lowest BCUT2D eigenvalue weighted by Gasteiger charge is -2.30. The van der Waals surface area contributed by atoms with E-state index in [1.165, 1.54) is 28.1 Å². The highest BCUT2D eigenvalue weighted by molar-refractivity contribution is 5.84.